The molecular weight excluding hydrogens is 397 g/mol. The molecule has 0 aliphatic carbocycles. The lowest BCUT2D eigenvalue weighted by Crippen LogP contribution is -2.46. The van der Waals surface area contributed by atoms with Crippen molar-refractivity contribution >= 4 is 52.7 Å². The number of carbonyl (C=O) groups is 4. The monoisotopic (exact) mass is 415 g/mol. The van der Waals surface area contributed by atoms with Gasteiger partial charge in [-0.1, -0.05) is 43.1 Å². The van der Waals surface area contributed by atoms with E-state index in [4.69, 9.17) is 27.9 Å². The van der Waals surface area contributed by atoms with Gasteiger partial charge in [-0.3, -0.25) is 19.3 Å². The highest BCUT2D eigenvalue weighted by atomic mass is 35.5. The summed E-state index contributed by atoms with van der Waals surface area (Å²) in [7, 11) is 0. The van der Waals surface area contributed by atoms with Crippen molar-refractivity contribution in [1.29, 1.82) is 0 Å². The molecule has 146 valence electrons. The number of nitrogens with zero attached hydrogens (tertiary/aromatic N) is 1. The number of imide groups is 1. The molecule has 0 saturated carbocycles. The van der Waals surface area contributed by atoms with E-state index in [0.717, 1.165) is 4.90 Å². The molecule has 1 aromatic rings. The Hall–Kier alpha value is -2.32. The number of ether oxygens (including phenoxy) is 1. The molecule has 0 aromatic heterocycles. The SMILES string of the molecule is CCC1(CC)NC(=O)N(CC(=O)OCC(=O)Nc2cccc(Cl)c2Cl)C1=O. The first-order chi connectivity index (χ1) is 12.7. The number of nitrogens with one attached hydrogen (secondary N) is 2. The van der Waals surface area contributed by atoms with Gasteiger partial charge in [0.15, 0.2) is 6.61 Å². The topological polar surface area (TPSA) is 105 Å². The molecule has 1 fully saturated rings. The molecule has 2 rings (SSSR count). The molecule has 0 radical (unpaired) electrons. The number of benzene rings is 1. The molecule has 2 N–H and O–H groups in total. The molecule has 1 aromatic carbocycles. The van der Waals surface area contributed by atoms with E-state index in [9.17, 15) is 19.2 Å². The molecule has 27 heavy (non-hydrogen) atoms. The fourth-order valence-corrected chi connectivity index (χ4v) is 3.00. The molecule has 1 heterocycles. The average molecular weight is 416 g/mol. The van der Waals surface area contributed by atoms with Crippen molar-refractivity contribution in [1.82, 2.24) is 10.2 Å². The van der Waals surface area contributed by atoms with Gasteiger partial charge in [-0.05, 0) is 25.0 Å². The number of carbonyl (C=O) groups excluding carboxylic acids is 4. The van der Waals surface area contributed by atoms with Gasteiger partial charge in [0, 0.05) is 0 Å². The fraction of sp³-hybridized carbons (Fsp3) is 0.412. The molecular formula is C17H19Cl2N3O5. The third-order valence-corrected chi connectivity index (χ3v) is 5.15. The van der Waals surface area contributed by atoms with Gasteiger partial charge in [0.25, 0.3) is 11.8 Å². The summed E-state index contributed by atoms with van der Waals surface area (Å²) in [5.41, 5.74) is -0.729. The molecule has 1 saturated heterocycles. The van der Waals surface area contributed by atoms with Gasteiger partial charge < -0.3 is 15.4 Å². The van der Waals surface area contributed by atoms with E-state index in [2.05, 4.69) is 10.6 Å². The number of urea groups is 1. The Morgan fingerprint density at radius 3 is 2.48 bits per heavy atom. The maximum Gasteiger partial charge on any atom is 0.326 e. The molecule has 4 amide bonds. The zero-order valence-electron chi connectivity index (χ0n) is 14.8. The molecule has 0 atom stereocenters. The predicted molar refractivity (Wildman–Crippen MR) is 99.6 cm³/mol. The van der Waals surface area contributed by atoms with Crippen molar-refractivity contribution in [3.63, 3.8) is 0 Å². The molecule has 10 heteroatoms. The van der Waals surface area contributed by atoms with Crippen LogP contribution in [0.25, 0.3) is 0 Å². The first kappa shape index (κ1) is 21.0. The predicted octanol–water partition coefficient (Wildman–Crippen LogP) is 2.59. The Labute approximate surface area is 166 Å². The second-order valence-electron chi connectivity index (χ2n) is 5.92. The van der Waals surface area contributed by atoms with E-state index in [-0.39, 0.29) is 15.7 Å². The Morgan fingerprint density at radius 1 is 1.22 bits per heavy atom. The quantitative estimate of drug-likeness (QED) is 0.525. The van der Waals surface area contributed by atoms with Crippen LogP contribution in [-0.4, -0.2) is 47.4 Å². The van der Waals surface area contributed by atoms with E-state index in [1.807, 2.05) is 0 Å². The normalized spacial score (nSPS) is 15.5. The lowest BCUT2D eigenvalue weighted by atomic mass is 9.93. The van der Waals surface area contributed by atoms with Gasteiger partial charge in [-0.25, -0.2) is 4.79 Å². The molecule has 0 unspecified atom stereocenters. The van der Waals surface area contributed by atoms with Crippen molar-refractivity contribution in [2.24, 2.45) is 0 Å². The number of esters is 1. The van der Waals surface area contributed by atoms with Gasteiger partial charge in [0.2, 0.25) is 0 Å². The van der Waals surface area contributed by atoms with Crippen molar-refractivity contribution in [3.05, 3.63) is 28.2 Å². The molecule has 0 bridgehead atoms. The average Bonchev–Trinajstić information content (AvgIpc) is 2.88. The van der Waals surface area contributed by atoms with Crippen LogP contribution in [0.2, 0.25) is 10.0 Å². The third kappa shape index (κ3) is 4.51. The minimum absolute atomic E-state index is 0.161. The second-order valence-corrected chi connectivity index (χ2v) is 6.71. The fourth-order valence-electron chi connectivity index (χ4n) is 2.66. The lowest BCUT2D eigenvalue weighted by molar-refractivity contribution is -0.150. The number of hydrogen-bond acceptors (Lipinski definition) is 5. The summed E-state index contributed by atoms with van der Waals surface area (Å²) >= 11 is 11.8. The first-order valence-electron chi connectivity index (χ1n) is 8.27. The van der Waals surface area contributed by atoms with Gasteiger partial charge in [0.05, 0.1) is 15.7 Å². The highest BCUT2D eigenvalue weighted by Crippen LogP contribution is 2.29. The van der Waals surface area contributed by atoms with Gasteiger partial charge >= 0.3 is 12.0 Å². The Bertz CT molecular complexity index is 780. The van der Waals surface area contributed by atoms with Gasteiger partial charge in [0.1, 0.15) is 12.1 Å². The van der Waals surface area contributed by atoms with Crippen molar-refractivity contribution in [2.75, 3.05) is 18.5 Å². The summed E-state index contributed by atoms with van der Waals surface area (Å²) < 4.78 is 4.84. The summed E-state index contributed by atoms with van der Waals surface area (Å²) in [6.45, 7) is 2.37. The lowest BCUT2D eigenvalue weighted by Gasteiger charge is -2.22. The first-order valence-corrected chi connectivity index (χ1v) is 9.03. The number of anilines is 1. The van der Waals surface area contributed by atoms with Gasteiger partial charge in [-0.2, -0.15) is 0 Å². The van der Waals surface area contributed by atoms with E-state index >= 15 is 0 Å². The zero-order chi connectivity index (χ0) is 20.2. The largest absolute Gasteiger partial charge is 0.454 e. The van der Waals surface area contributed by atoms with Gasteiger partial charge in [-0.15, -0.1) is 0 Å². The maximum absolute atomic E-state index is 12.4. The van der Waals surface area contributed by atoms with Crippen LogP contribution in [0, 0.1) is 0 Å². The van der Waals surface area contributed by atoms with Crippen LogP contribution in [0.5, 0.6) is 0 Å². The summed E-state index contributed by atoms with van der Waals surface area (Å²) in [6, 6.07) is 4.04. The molecule has 0 spiro atoms. The highest BCUT2D eigenvalue weighted by Gasteiger charge is 2.49. The van der Waals surface area contributed by atoms with Crippen LogP contribution in [0.3, 0.4) is 0 Å². The Kier molecular flexibility index (Phi) is 6.67. The van der Waals surface area contributed by atoms with Crippen LogP contribution >= 0.6 is 23.2 Å². The van der Waals surface area contributed by atoms with Crippen molar-refractivity contribution < 1.29 is 23.9 Å². The van der Waals surface area contributed by atoms with Crippen LogP contribution in [-0.2, 0) is 19.1 Å². The van der Waals surface area contributed by atoms with Crippen molar-refractivity contribution in [3.8, 4) is 0 Å². The van der Waals surface area contributed by atoms with Crippen LogP contribution in [0.15, 0.2) is 18.2 Å². The van der Waals surface area contributed by atoms with Crippen LogP contribution in [0.4, 0.5) is 10.5 Å². The number of halogens is 2. The maximum atomic E-state index is 12.4. The second kappa shape index (κ2) is 8.58. The summed E-state index contributed by atoms with van der Waals surface area (Å²) in [5.74, 6) is -2.00. The van der Waals surface area contributed by atoms with E-state index in [0.29, 0.717) is 12.8 Å². The Morgan fingerprint density at radius 2 is 1.89 bits per heavy atom. The smallest absolute Gasteiger partial charge is 0.326 e. The number of rotatable bonds is 7. The minimum atomic E-state index is -1.00. The van der Waals surface area contributed by atoms with E-state index in [1.54, 1.807) is 26.0 Å². The number of hydrogen-bond donors (Lipinski definition) is 2. The summed E-state index contributed by atoms with van der Waals surface area (Å²) in [6.07, 6.45) is 0.810. The van der Waals surface area contributed by atoms with Crippen molar-refractivity contribution in [2.45, 2.75) is 32.2 Å². The van der Waals surface area contributed by atoms with E-state index in [1.165, 1.54) is 6.07 Å². The summed E-state index contributed by atoms with van der Waals surface area (Å²) in [4.78, 5) is 49.0. The van der Waals surface area contributed by atoms with E-state index < -0.39 is 42.5 Å². The Balaban J connectivity index is 1.89. The molecule has 8 nitrogen and oxygen atoms in total. The van der Waals surface area contributed by atoms with Crippen LogP contribution < -0.4 is 10.6 Å². The molecule has 1 aliphatic heterocycles. The number of amides is 4. The molecule has 1 aliphatic rings. The third-order valence-electron chi connectivity index (χ3n) is 4.33. The highest BCUT2D eigenvalue weighted by molar-refractivity contribution is 6.44. The van der Waals surface area contributed by atoms with Crippen LogP contribution in [0.1, 0.15) is 26.7 Å². The summed E-state index contributed by atoms with van der Waals surface area (Å²) in [5, 5.41) is 5.49. The standard InChI is InChI=1S/C17H19Cl2N3O5/c1-3-17(4-2)15(25)22(16(26)21-17)8-13(24)27-9-12(23)20-11-7-5-6-10(18)14(11)19/h5-7H,3-4,8-9H2,1-2H3,(H,20,23)(H,21,26). The minimum Gasteiger partial charge on any atom is -0.454 e. The zero-order valence-corrected chi connectivity index (χ0v) is 16.3.